The van der Waals surface area contributed by atoms with E-state index in [-0.39, 0.29) is 18.3 Å². The predicted molar refractivity (Wildman–Crippen MR) is 62.1 cm³/mol. The number of carbonyl (C=O) groups excluding carboxylic acids is 1. The molecule has 1 heterocycles. The van der Waals surface area contributed by atoms with E-state index in [2.05, 4.69) is 0 Å². The molecule has 1 aromatic rings. The summed E-state index contributed by atoms with van der Waals surface area (Å²) in [6, 6.07) is 4.15. The third-order valence-corrected chi connectivity index (χ3v) is 2.77. The zero-order valence-electron chi connectivity index (χ0n) is 9.49. The van der Waals surface area contributed by atoms with Gasteiger partial charge in [0.1, 0.15) is 0 Å². The summed E-state index contributed by atoms with van der Waals surface area (Å²) in [6.07, 6.45) is 2.06. The average Bonchev–Trinajstić information content (AvgIpc) is 2.81. The van der Waals surface area contributed by atoms with Gasteiger partial charge in [-0.1, -0.05) is 0 Å². The molecule has 0 atom stereocenters. The number of rotatable bonds is 3. The summed E-state index contributed by atoms with van der Waals surface area (Å²) in [5.74, 6) is -0.579. The lowest BCUT2D eigenvalue weighted by molar-refractivity contribution is -0.132. The van der Waals surface area contributed by atoms with Gasteiger partial charge in [-0.25, -0.2) is 4.39 Å². The monoisotopic (exact) mass is 238 g/mol. The topological polar surface area (TPSA) is 55.6 Å². The van der Waals surface area contributed by atoms with Crippen LogP contribution in [-0.4, -0.2) is 30.5 Å². The van der Waals surface area contributed by atoms with Crippen LogP contribution in [0.15, 0.2) is 18.2 Å². The van der Waals surface area contributed by atoms with Crippen LogP contribution in [0.4, 0.5) is 10.1 Å². The first kappa shape index (κ1) is 11.7. The van der Waals surface area contributed by atoms with E-state index in [0.29, 0.717) is 5.69 Å². The second kappa shape index (κ2) is 5.03. The summed E-state index contributed by atoms with van der Waals surface area (Å²) in [5, 5.41) is 0. The Balaban J connectivity index is 1.90. The Labute approximate surface area is 99.2 Å². The van der Waals surface area contributed by atoms with E-state index in [1.807, 2.05) is 0 Å². The highest BCUT2D eigenvalue weighted by atomic mass is 19.1. The lowest BCUT2D eigenvalue weighted by Crippen LogP contribution is -2.32. The normalized spacial score (nSPS) is 15.0. The molecule has 2 N–H and O–H groups in total. The fourth-order valence-electron chi connectivity index (χ4n) is 1.83. The van der Waals surface area contributed by atoms with Crippen molar-refractivity contribution in [3.63, 3.8) is 0 Å². The first-order chi connectivity index (χ1) is 8.16. The zero-order valence-corrected chi connectivity index (χ0v) is 9.49. The second-order valence-corrected chi connectivity index (χ2v) is 4.07. The van der Waals surface area contributed by atoms with E-state index in [9.17, 15) is 9.18 Å². The van der Waals surface area contributed by atoms with Gasteiger partial charge in [0, 0.05) is 24.8 Å². The van der Waals surface area contributed by atoms with Gasteiger partial charge in [0.25, 0.3) is 5.91 Å². The van der Waals surface area contributed by atoms with Crippen molar-refractivity contribution in [3.8, 4) is 5.75 Å². The van der Waals surface area contributed by atoms with Crippen LogP contribution >= 0.6 is 0 Å². The molecule has 2 rings (SSSR count). The number of nitrogens with two attached hydrogens (primary N) is 1. The van der Waals surface area contributed by atoms with Crippen LogP contribution < -0.4 is 10.5 Å². The lowest BCUT2D eigenvalue weighted by atomic mass is 10.3. The SMILES string of the molecule is Nc1ccc(OCC(=O)N2CCCC2)c(F)c1. The van der Waals surface area contributed by atoms with Crippen molar-refractivity contribution in [1.82, 2.24) is 4.90 Å². The molecule has 1 aromatic carbocycles. The third-order valence-electron chi connectivity index (χ3n) is 2.77. The molecule has 92 valence electrons. The van der Waals surface area contributed by atoms with Crippen LogP contribution in [0.2, 0.25) is 0 Å². The molecule has 0 saturated carbocycles. The van der Waals surface area contributed by atoms with Gasteiger partial charge in [-0.2, -0.15) is 0 Å². The molecule has 4 nitrogen and oxygen atoms in total. The van der Waals surface area contributed by atoms with Crippen LogP contribution in [0.25, 0.3) is 0 Å². The van der Waals surface area contributed by atoms with Crippen molar-refractivity contribution >= 4 is 11.6 Å². The molecule has 1 aliphatic rings. The van der Waals surface area contributed by atoms with E-state index in [0.717, 1.165) is 25.9 Å². The lowest BCUT2D eigenvalue weighted by Gasteiger charge is -2.15. The third kappa shape index (κ3) is 2.87. The van der Waals surface area contributed by atoms with Gasteiger partial charge in [-0.05, 0) is 25.0 Å². The molecule has 0 aliphatic carbocycles. The Morgan fingerprint density at radius 3 is 2.76 bits per heavy atom. The van der Waals surface area contributed by atoms with Gasteiger partial charge in [-0.15, -0.1) is 0 Å². The van der Waals surface area contributed by atoms with E-state index in [4.69, 9.17) is 10.5 Å². The summed E-state index contributed by atoms with van der Waals surface area (Å²) in [4.78, 5) is 13.4. The fourth-order valence-corrected chi connectivity index (χ4v) is 1.83. The number of likely N-dealkylation sites (tertiary alicyclic amines) is 1. The molecule has 5 heteroatoms. The number of benzene rings is 1. The molecule has 0 aromatic heterocycles. The van der Waals surface area contributed by atoms with Crippen molar-refractivity contribution in [2.24, 2.45) is 0 Å². The largest absolute Gasteiger partial charge is 0.481 e. The molecule has 1 amide bonds. The van der Waals surface area contributed by atoms with Gasteiger partial charge in [0.2, 0.25) is 0 Å². The molecule has 0 radical (unpaired) electrons. The zero-order chi connectivity index (χ0) is 12.3. The number of carbonyl (C=O) groups is 1. The van der Waals surface area contributed by atoms with Gasteiger partial charge in [0.15, 0.2) is 18.2 Å². The quantitative estimate of drug-likeness (QED) is 0.810. The van der Waals surface area contributed by atoms with E-state index in [1.165, 1.54) is 12.1 Å². The summed E-state index contributed by atoms with van der Waals surface area (Å²) in [6.45, 7) is 1.42. The maximum atomic E-state index is 13.3. The molecule has 1 fully saturated rings. The Hall–Kier alpha value is -1.78. The minimum atomic E-state index is -0.542. The molecular weight excluding hydrogens is 223 g/mol. The molecular formula is C12H15FN2O2. The smallest absolute Gasteiger partial charge is 0.260 e. The molecule has 0 unspecified atom stereocenters. The van der Waals surface area contributed by atoms with Gasteiger partial charge in [0.05, 0.1) is 0 Å². The number of nitrogens with zero attached hydrogens (tertiary/aromatic N) is 1. The molecule has 0 bridgehead atoms. The molecule has 17 heavy (non-hydrogen) atoms. The van der Waals surface area contributed by atoms with Crippen LogP contribution in [0, 0.1) is 5.82 Å². The highest BCUT2D eigenvalue weighted by Gasteiger charge is 2.18. The Bertz CT molecular complexity index is 417. The number of nitrogen functional groups attached to an aromatic ring is 1. The number of ether oxygens (including phenoxy) is 1. The summed E-state index contributed by atoms with van der Waals surface area (Å²) >= 11 is 0. The van der Waals surface area contributed by atoms with Crippen LogP contribution in [-0.2, 0) is 4.79 Å². The van der Waals surface area contributed by atoms with Gasteiger partial charge < -0.3 is 15.4 Å². The average molecular weight is 238 g/mol. The van der Waals surface area contributed by atoms with E-state index < -0.39 is 5.82 Å². The molecule has 1 aliphatic heterocycles. The Kier molecular flexibility index (Phi) is 3.46. The standard InChI is InChI=1S/C12H15FN2O2/c13-10-7-9(14)3-4-11(10)17-8-12(16)15-5-1-2-6-15/h3-4,7H,1-2,5-6,8,14H2. The van der Waals surface area contributed by atoms with E-state index >= 15 is 0 Å². The summed E-state index contributed by atoms with van der Waals surface area (Å²) < 4.78 is 18.5. The minimum absolute atomic E-state index is 0.0618. The number of halogens is 1. The number of amides is 1. The predicted octanol–water partition coefficient (Wildman–Crippen LogP) is 1.41. The molecule has 1 saturated heterocycles. The fraction of sp³-hybridized carbons (Fsp3) is 0.417. The van der Waals surface area contributed by atoms with Crippen LogP contribution in [0.1, 0.15) is 12.8 Å². The maximum Gasteiger partial charge on any atom is 0.260 e. The van der Waals surface area contributed by atoms with Gasteiger partial charge in [-0.3, -0.25) is 4.79 Å². The first-order valence-electron chi connectivity index (χ1n) is 5.62. The maximum absolute atomic E-state index is 13.3. The highest BCUT2D eigenvalue weighted by molar-refractivity contribution is 5.78. The number of hydrogen-bond acceptors (Lipinski definition) is 3. The minimum Gasteiger partial charge on any atom is -0.481 e. The van der Waals surface area contributed by atoms with Crippen molar-refractivity contribution in [2.75, 3.05) is 25.4 Å². The van der Waals surface area contributed by atoms with Crippen molar-refractivity contribution in [2.45, 2.75) is 12.8 Å². The summed E-state index contributed by atoms with van der Waals surface area (Å²) in [5.41, 5.74) is 5.75. The summed E-state index contributed by atoms with van der Waals surface area (Å²) in [7, 11) is 0. The van der Waals surface area contributed by atoms with Crippen LogP contribution in [0.3, 0.4) is 0 Å². The van der Waals surface area contributed by atoms with Crippen molar-refractivity contribution < 1.29 is 13.9 Å². The first-order valence-corrected chi connectivity index (χ1v) is 5.62. The molecule has 0 spiro atoms. The van der Waals surface area contributed by atoms with Crippen molar-refractivity contribution in [1.29, 1.82) is 0 Å². The van der Waals surface area contributed by atoms with Gasteiger partial charge >= 0.3 is 0 Å². The number of anilines is 1. The highest BCUT2D eigenvalue weighted by Crippen LogP contribution is 2.19. The number of hydrogen-bond donors (Lipinski definition) is 1. The van der Waals surface area contributed by atoms with Crippen molar-refractivity contribution in [3.05, 3.63) is 24.0 Å². The Morgan fingerprint density at radius 1 is 1.41 bits per heavy atom. The Morgan fingerprint density at radius 2 is 2.12 bits per heavy atom. The van der Waals surface area contributed by atoms with E-state index in [1.54, 1.807) is 11.0 Å². The van der Waals surface area contributed by atoms with Crippen LogP contribution in [0.5, 0.6) is 5.75 Å². The second-order valence-electron chi connectivity index (χ2n) is 4.07.